The van der Waals surface area contributed by atoms with Crippen LogP contribution in [0, 0.1) is 0 Å². The molecule has 1 heterocycles. The molecule has 0 atom stereocenters. The highest BCUT2D eigenvalue weighted by atomic mass is 32.2. The van der Waals surface area contributed by atoms with Crippen molar-refractivity contribution in [2.75, 3.05) is 14.1 Å². The number of fused-ring (bicyclic) bond motifs is 1. The van der Waals surface area contributed by atoms with Crippen molar-refractivity contribution in [3.63, 3.8) is 0 Å². The van der Waals surface area contributed by atoms with Gasteiger partial charge in [0.25, 0.3) is 5.91 Å². The summed E-state index contributed by atoms with van der Waals surface area (Å²) in [5.41, 5.74) is 2.00. The van der Waals surface area contributed by atoms with Crippen molar-refractivity contribution in [2.24, 2.45) is 10.2 Å². The van der Waals surface area contributed by atoms with Gasteiger partial charge < -0.3 is 15.0 Å². The summed E-state index contributed by atoms with van der Waals surface area (Å²) >= 11 is 1.52. The Morgan fingerprint density at radius 3 is 2.64 bits per heavy atom. The van der Waals surface area contributed by atoms with Crippen LogP contribution in [0.5, 0.6) is 5.88 Å². The Kier molecular flexibility index (Phi) is 6.01. The molecule has 0 aliphatic carbocycles. The van der Waals surface area contributed by atoms with E-state index in [1.54, 1.807) is 38.4 Å². The van der Waals surface area contributed by atoms with E-state index in [1.807, 2.05) is 18.2 Å². The number of H-pyrrole nitrogens is 1. The average molecular weight is 398 g/mol. The van der Waals surface area contributed by atoms with Crippen molar-refractivity contribution in [1.82, 2.24) is 14.6 Å². The third kappa shape index (κ3) is 4.35. The zero-order valence-electron chi connectivity index (χ0n) is 16.2. The molecule has 0 saturated heterocycles. The number of carbonyl (C=O) groups excluding carboxylic acids is 1. The number of rotatable bonds is 6. The maximum absolute atomic E-state index is 12.3. The van der Waals surface area contributed by atoms with Crippen LogP contribution in [0.15, 0.2) is 57.6 Å². The van der Waals surface area contributed by atoms with Gasteiger partial charge in [0.2, 0.25) is 5.88 Å². The standard InChI is InChI=1S/C20H23N5O2S/c1-12(2)24-28-13-9-10-16-15(11-13)18(19(26)21-16)23-22-17-8-6-5-7-14(17)20(27)25(3)4/h5-12,21,24,26H,1-4H3. The van der Waals surface area contributed by atoms with Gasteiger partial charge in [0.15, 0.2) is 5.69 Å². The maximum atomic E-state index is 12.3. The van der Waals surface area contributed by atoms with Crippen LogP contribution in [0.3, 0.4) is 0 Å². The van der Waals surface area contributed by atoms with Crippen molar-refractivity contribution < 1.29 is 9.90 Å². The van der Waals surface area contributed by atoms with Gasteiger partial charge in [-0.3, -0.25) is 9.52 Å². The topological polar surface area (TPSA) is 93.1 Å². The van der Waals surface area contributed by atoms with E-state index in [0.29, 0.717) is 23.0 Å². The lowest BCUT2D eigenvalue weighted by atomic mass is 10.1. The number of aromatic hydroxyl groups is 1. The summed E-state index contributed by atoms with van der Waals surface area (Å²) in [7, 11) is 3.37. The minimum absolute atomic E-state index is 0.0610. The lowest BCUT2D eigenvalue weighted by molar-refractivity contribution is 0.0828. The van der Waals surface area contributed by atoms with Crippen LogP contribution < -0.4 is 4.72 Å². The third-order valence-electron chi connectivity index (χ3n) is 3.93. The lowest BCUT2D eigenvalue weighted by Gasteiger charge is -2.11. The highest BCUT2D eigenvalue weighted by molar-refractivity contribution is 7.97. The molecule has 3 rings (SSSR count). The van der Waals surface area contributed by atoms with Gasteiger partial charge in [-0.25, -0.2) is 0 Å². The Morgan fingerprint density at radius 2 is 1.93 bits per heavy atom. The largest absolute Gasteiger partial charge is 0.493 e. The monoisotopic (exact) mass is 397 g/mol. The summed E-state index contributed by atoms with van der Waals surface area (Å²) in [6.45, 7) is 4.14. The molecule has 146 valence electrons. The number of aromatic amines is 1. The number of hydrogen-bond donors (Lipinski definition) is 3. The molecule has 28 heavy (non-hydrogen) atoms. The Balaban J connectivity index is 1.97. The van der Waals surface area contributed by atoms with Gasteiger partial charge in [-0.2, -0.15) is 0 Å². The number of carbonyl (C=O) groups is 1. The summed E-state index contributed by atoms with van der Waals surface area (Å²) < 4.78 is 3.29. The average Bonchev–Trinajstić information content (AvgIpc) is 2.98. The first-order valence-corrected chi connectivity index (χ1v) is 9.68. The highest BCUT2D eigenvalue weighted by Gasteiger charge is 2.14. The second kappa shape index (κ2) is 8.45. The molecule has 0 aliphatic heterocycles. The molecule has 0 radical (unpaired) electrons. The first-order chi connectivity index (χ1) is 13.4. The SMILES string of the molecule is CC(C)NSc1ccc2[nH]c(O)c(N=Nc3ccccc3C(=O)N(C)C)c2c1. The number of aromatic nitrogens is 1. The van der Waals surface area contributed by atoms with Crippen molar-refractivity contribution in [3.8, 4) is 5.88 Å². The number of amides is 1. The zero-order valence-corrected chi connectivity index (χ0v) is 17.0. The van der Waals surface area contributed by atoms with Gasteiger partial charge in [0.1, 0.15) is 0 Å². The quantitative estimate of drug-likeness (QED) is 0.403. The summed E-state index contributed by atoms with van der Waals surface area (Å²) in [6.07, 6.45) is 0. The summed E-state index contributed by atoms with van der Waals surface area (Å²) in [6, 6.07) is 13.1. The fourth-order valence-electron chi connectivity index (χ4n) is 2.58. The number of benzene rings is 2. The first kappa shape index (κ1) is 19.9. The predicted molar refractivity (Wildman–Crippen MR) is 113 cm³/mol. The Morgan fingerprint density at radius 1 is 1.18 bits per heavy atom. The summed E-state index contributed by atoms with van der Waals surface area (Å²) in [5, 5.41) is 19.5. The van der Waals surface area contributed by atoms with E-state index in [0.717, 1.165) is 15.8 Å². The fourth-order valence-corrected chi connectivity index (χ4v) is 3.26. The third-order valence-corrected chi connectivity index (χ3v) is 5.01. The van der Waals surface area contributed by atoms with Crippen molar-refractivity contribution in [3.05, 3.63) is 48.0 Å². The number of nitrogens with one attached hydrogen (secondary N) is 2. The van der Waals surface area contributed by atoms with Crippen LogP contribution >= 0.6 is 11.9 Å². The Bertz CT molecular complexity index is 1030. The van der Waals surface area contributed by atoms with Crippen LogP contribution in [0.25, 0.3) is 10.9 Å². The van der Waals surface area contributed by atoms with Crippen LogP contribution in [0.4, 0.5) is 11.4 Å². The fraction of sp³-hybridized carbons (Fsp3) is 0.250. The van der Waals surface area contributed by atoms with Gasteiger partial charge in [0.05, 0.1) is 16.8 Å². The molecular weight excluding hydrogens is 374 g/mol. The van der Waals surface area contributed by atoms with E-state index in [2.05, 4.69) is 33.8 Å². The van der Waals surface area contributed by atoms with Crippen LogP contribution in [0.2, 0.25) is 0 Å². The van der Waals surface area contributed by atoms with E-state index < -0.39 is 0 Å². The van der Waals surface area contributed by atoms with Gasteiger partial charge in [0, 0.05) is 30.4 Å². The lowest BCUT2D eigenvalue weighted by Crippen LogP contribution is -2.21. The zero-order chi connectivity index (χ0) is 20.3. The molecule has 7 nitrogen and oxygen atoms in total. The molecule has 3 N–H and O–H groups in total. The smallest absolute Gasteiger partial charge is 0.255 e. The second-order valence-electron chi connectivity index (χ2n) is 6.82. The molecule has 0 aliphatic rings. The van der Waals surface area contributed by atoms with E-state index in [4.69, 9.17) is 0 Å². The summed E-state index contributed by atoms with van der Waals surface area (Å²) in [5.74, 6) is -0.217. The molecular formula is C20H23N5O2S. The van der Waals surface area contributed by atoms with Crippen molar-refractivity contribution >= 4 is 40.1 Å². The van der Waals surface area contributed by atoms with Gasteiger partial charge in [-0.15, -0.1) is 10.2 Å². The van der Waals surface area contributed by atoms with Crippen LogP contribution in [-0.2, 0) is 0 Å². The maximum Gasteiger partial charge on any atom is 0.255 e. The number of azo groups is 1. The molecule has 8 heteroatoms. The second-order valence-corrected chi connectivity index (χ2v) is 7.73. The molecule has 0 spiro atoms. The Labute approximate surface area is 168 Å². The van der Waals surface area contributed by atoms with Gasteiger partial charge in [-0.05, 0) is 56.1 Å². The van der Waals surface area contributed by atoms with E-state index in [-0.39, 0.29) is 11.8 Å². The normalized spacial score (nSPS) is 11.6. The molecule has 0 bridgehead atoms. The molecule has 2 aromatic carbocycles. The van der Waals surface area contributed by atoms with Gasteiger partial charge in [-0.1, -0.05) is 12.1 Å². The molecule has 3 aromatic rings. The van der Waals surface area contributed by atoms with Crippen molar-refractivity contribution in [1.29, 1.82) is 0 Å². The molecule has 0 fully saturated rings. The van der Waals surface area contributed by atoms with Crippen LogP contribution in [0.1, 0.15) is 24.2 Å². The van der Waals surface area contributed by atoms with E-state index in [9.17, 15) is 9.90 Å². The predicted octanol–water partition coefficient (Wildman–Crippen LogP) is 5.00. The van der Waals surface area contributed by atoms with Crippen molar-refractivity contribution in [2.45, 2.75) is 24.8 Å². The summed E-state index contributed by atoms with van der Waals surface area (Å²) in [4.78, 5) is 17.7. The first-order valence-electron chi connectivity index (χ1n) is 8.86. The minimum atomic E-state index is -0.156. The number of hydrogen-bond acceptors (Lipinski definition) is 6. The minimum Gasteiger partial charge on any atom is -0.493 e. The highest BCUT2D eigenvalue weighted by Crippen LogP contribution is 2.38. The molecule has 1 aromatic heterocycles. The molecule has 0 saturated carbocycles. The van der Waals surface area contributed by atoms with E-state index >= 15 is 0 Å². The Hall–Kier alpha value is -2.84. The van der Waals surface area contributed by atoms with Crippen LogP contribution in [-0.4, -0.2) is 41.0 Å². The molecule has 1 amide bonds. The van der Waals surface area contributed by atoms with E-state index in [1.165, 1.54) is 16.8 Å². The van der Waals surface area contributed by atoms with Gasteiger partial charge >= 0.3 is 0 Å². The molecule has 0 unspecified atom stereocenters. The number of nitrogens with zero attached hydrogens (tertiary/aromatic N) is 3.